The van der Waals surface area contributed by atoms with E-state index >= 15 is 0 Å². The van der Waals surface area contributed by atoms with Gasteiger partial charge in [0.15, 0.2) is 0 Å². The molecule has 4 heteroatoms. The Labute approximate surface area is 116 Å². The maximum atomic E-state index is 5.63. The van der Waals surface area contributed by atoms with Crippen LogP contribution in [0.4, 0.5) is 0 Å². The van der Waals surface area contributed by atoms with Crippen LogP contribution in [-0.4, -0.2) is 10.2 Å². The largest absolute Gasteiger partial charge is 0.424 e. The fourth-order valence-corrected chi connectivity index (χ4v) is 1.99. The molecule has 0 aliphatic carbocycles. The van der Waals surface area contributed by atoms with Gasteiger partial charge in [-0.25, -0.2) is 0 Å². The lowest BCUT2D eigenvalue weighted by Crippen LogP contribution is -1.94. The van der Waals surface area contributed by atoms with Crippen LogP contribution in [0, 0.1) is 6.92 Å². The Hall–Kier alpha value is -1.16. The Morgan fingerprint density at radius 1 is 1.22 bits per heavy atom. The van der Waals surface area contributed by atoms with Gasteiger partial charge in [0.2, 0.25) is 11.8 Å². The summed E-state index contributed by atoms with van der Waals surface area (Å²) in [5.41, 5.74) is 2.65. The SMILES string of the molecule is CCC(Br)c1nnc(CCc2ccccc2C)o1. The van der Waals surface area contributed by atoms with Crippen molar-refractivity contribution in [2.24, 2.45) is 0 Å². The van der Waals surface area contributed by atoms with Gasteiger partial charge >= 0.3 is 0 Å². The van der Waals surface area contributed by atoms with Gasteiger partial charge in [-0.3, -0.25) is 0 Å². The van der Waals surface area contributed by atoms with Gasteiger partial charge in [0.05, 0.1) is 4.83 Å². The standard InChI is InChI=1S/C14H17BrN2O/c1-3-12(15)14-17-16-13(18-14)9-8-11-7-5-4-6-10(11)2/h4-7,12H,3,8-9H2,1-2H3. The second-order valence-electron chi connectivity index (χ2n) is 4.34. The molecule has 0 fully saturated rings. The van der Waals surface area contributed by atoms with Crippen molar-refractivity contribution in [2.75, 3.05) is 0 Å². The van der Waals surface area contributed by atoms with E-state index in [2.05, 4.69) is 64.2 Å². The molecule has 1 aromatic heterocycles. The summed E-state index contributed by atoms with van der Waals surface area (Å²) in [5, 5.41) is 8.14. The van der Waals surface area contributed by atoms with Crippen molar-refractivity contribution < 1.29 is 4.42 Å². The van der Waals surface area contributed by atoms with Crippen LogP contribution < -0.4 is 0 Å². The monoisotopic (exact) mass is 308 g/mol. The first-order valence-electron chi connectivity index (χ1n) is 6.21. The van der Waals surface area contributed by atoms with Crippen LogP contribution in [0.3, 0.4) is 0 Å². The number of halogens is 1. The summed E-state index contributed by atoms with van der Waals surface area (Å²) in [7, 11) is 0. The molecule has 18 heavy (non-hydrogen) atoms. The molecule has 0 bridgehead atoms. The minimum absolute atomic E-state index is 0.164. The second-order valence-corrected chi connectivity index (χ2v) is 5.44. The van der Waals surface area contributed by atoms with E-state index in [0.717, 1.165) is 19.3 Å². The van der Waals surface area contributed by atoms with Crippen LogP contribution in [0.2, 0.25) is 0 Å². The molecule has 0 saturated carbocycles. The van der Waals surface area contributed by atoms with E-state index in [0.29, 0.717) is 11.8 Å². The van der Waals surface area contributed by atoms with E-state index in [-0.39, 0.29) is 4.83 Å². The van der Waals surface area contributed by atoms with E-state index in [9.17, 15) is 0 Å². The van der Waals surface area contributed by atoms with Crippen LogP contribution in [-0.2, 0) is 12.8 Å². The van der Waals surface area contributed by atoms with Crippen LogP contribution in [0.1, 0.15) is 41.1 Å². The lowest BCUT2D eigenvalue weighted by Gasteiger charge is -2.02. The molecule has 0 aliphatic heterocycles. The normalized spacial score (nSPS) is 12.6. The van der Waals surface area contributed by atoms with Crippen molar-refractivity contribution in [3.63, 3.8) is 0 Å². The van der Waals surface area contributed by atoms with Gasteiger partial charge in [-0.2, -0.15) is 0 Å². The number of alkyl halides is 1. The Morgan fingerprint density at radius 2 is 2.00 bits per heavy atom. The van der Waals surface area contributed by atoms with Gasteiger partial charge in [-0.15, -0.1) is 10.2 Å². The van der Waals surface area contributed by atoms with Crippen molar-refractivity contribution in [1.82, 2.24) is 10.2 Å². The third-order valence-electron chi connectivity index (χ3n) is 2.98. The zero-order valence-electron chi connectivity index (χ0n) is 10.7. The number of aryl methyl sites for hydroxylation is 3. The summed E-state index contributed by atoms with van der Waals surface area (Å²) in [6.07, 6.45) is 2.67. The predicted molar refractivity (Wildman–Crippen MR) is 74.8 cm³/mol. The van der Waals surface area contributed by atoms with E-state index in [1.165, 1.54) is 11.1 Å². The molecular formula is C14H17BrN2O. The lowest BCUT2D eigenvalue weighted by molar-refractivity contribution is 0.445. The van der Waals surface area contributed by atoms with E-state index in [1.54, 1.807) is 0 Å². The van der Waals surface area contributed by atoms with Crippen molar-refractivity contribution in [2.45, 2.75) is 37.9 Å². The summed E-state index contributed by atoms with van der Waals surface area (Å²) in [6, 6.07) is 8.39. The van der Waals surface area contributed by atoms with Gasteiger partial charge in [0, 0.05) is 6.42 Å². The molecule has 1 aromatic carbocycles. The third-order valence-corrected chi connectivity index (χ3v) is 4.02. The number of aromatic nitrogens is 2. The number of rotatable bonds is 5. The van der Waals surface area contributed by atoms with E-state index in [1.807, 2.05) is 0 Å². The smallest absolute Gasteiger partial charge is 0.230 e. The average molecular weight is 309 g/mol. The van der Waals surface area contributed by atoms with Crippen LogP contribution >= 0.6 is 15.9 Å². The molecule has 0 aliphatic rings. The van der Waals surface area contributed by atoms with E-state index in [4.69, 9.17) is 4.42 Å². The van der Waals surface area contributed by atoms with Crippen molar-refractivity contribution in [3.8, 4) is 0 Å². The molecule has 96 valence electrons. The van der Waals surface area contributed by atoms with Gasteiger partial charge < -0.3 is 4.42 Å². The predicted octanol–water partition coefficient (Wildman–Crippen LogP) is 4.01. The number of nitrogens with zero attached hydrogens (tertiary/aromatic N) is 2. The topological polar surface area (TPSA) is 38.9 Å². The molecule has 1 atom stereocenters. The zero-order chi connectivity index (χ0) is 13.0. The molecular weight excluding hydrogens is 292 g/mol. The Bertz CT molecular complexity index is 510. The first-order chi connectivity index (χ1) is 8.70. The first kappa shape index (κ1) is 13.3. The second kappa shape index (κ2) is 6.14. The van der Waals surface area contributed by atoms with E-state index < -0.39 is 0 Å². The van der Waals surface area contributed by atoms with Gasteiger partial charge in [-0.1, -0.05) is 47.1 Å². The van der Waals surface area contributed by atoms with Gasteiger partial charge in [0.1, 0.15) is 0 Å². The molecule has 3 nitrogen and oxygen atoms in total. The molecule has 2 rings (SSSR count). The highest BCUT2D eigenvalue weighted by Gasteiger charge is 2.13. The van der Waals surface area contributed by atoms with Crippen molar-refractivity contribution >= 4 is 15.9 Å². The molecule has 1 unspecified atom stereocenters. The summed E-state index contributed by atoms with van der Waals surface area (Å²) in [4.78, 5) is 0.164. The Kier molecular flexibility index (Phi) is 4.53. The highest BCUT2D eigenvalue weighted by atomic mass is 79.9. The first-order valence-corrected chi connectivity index (χ1v) is 7.13. The molecule has 0 spiro atoms. The Morgan fingerprint density at radius 3 is 2.72 bits per heavy atom. The fourth-order valence-electron chi connectivity index (χ4n) is 1.80. The zero-order valence-corrected chi connectivity index (χ0v) is 12.3. The maximum Gasteiger partial charge on any atom is 0.230 e. The number of hydrogen-bond donors (Lipinski definition) is 0. The van der Waals surface area contributed by atoms with Crippen molar-refractivity contribution in [1.29, 1.82) is 0 Å². The highest BCUT2D eigenvalue weighted by molar-refractivity contribution is 9.09. The maximum absolute atomic E-state index is 5.63. The number of benzene rings is 1. The van der Waals surface area contributed by atoms with Gasteiger partial charge in [0.25, 0.3) is 0 Å². The molecule has 2 aromatic rings. The highest BCUT2D eigenvalue weighted by Crippen LogP contribution is 2.24. The third kappa shape index (κ3) is 3.19. The van der Waals surface area contributed by atoms with Crippen molar-refractivity contribution in [3.05, 3.63) is 47.2 Å². The van der Waals surface area contributed by atoms with Gasteiger partial charge in [-0.05, 0) is 30.9 Å². The van der Waals surface area contributed by atoms with Crippen LogP contribution in [0.15, 0.2) is 28.7 Å². The molecule has 0 amide bonds. The minimum Gasteiger partial charge on any atom is -0.424 e. The minimum atomic E-state index is 0.164. The molecule has 0 radical (unpaired) electrons. The average Bonchev–Trinajstić information content (AvgIpc) is 2.86. The van der Waals surface area contributed by atoms with Crippen LogP contribution in [0.5, 0.6) is 0 Å². The molecule has 0 N–H and O–H groups in total. The molecule has 1 heterocycles. The lowest BCUT2D eigenvalue weighted by atomic mass is 10.0. The summed E-state index contributed by atoms with van der Waals surface area (Å²) in [6.45, 7) is 4.21. The number of hydrogen-bond acceptors (Lipinski definition) is 3. The summed E-state index contributed by atoms with van der Waals surface area (Å²) < 4.78 is 5.63. The van der Waals surface area contributed by atoms with Crippen LogP contribution in [0.25, 0.3) is 0 Å². The summed E-state index contributed by atoms with van der Waals surface area (Å²) >= 11 is 3.51. The molecule has 0 saturated heterocycles. The Balaban J connectivity index is 1.98. The summed E-state index contributed by atoms with van der Waals surface area (Å²) in [5.74, 6) is 1.39. The quantitative estimate of drug-likeness (QED) is 0.783. The fraction of sp³-hybridized carbons (Fsp3) is 0.429.